The lowest BCUT2D eigenvalue weighted by Gasteiger charge is -2.21. The molecule has 0 saturated heterocycles. The summed E-state index contributed by atoms with van der Waals surface area (Å²) in [5.41, 5.74) is 5.40. The van der Waals surface area contributed by atoms with Crippen LogP contribution >= 0.6 is 0 Å². The maximum Gasteiger partial charge on any atom is 0.311 e. The molecule has 6 heteroatoms. The molecule has 0 aromatic carbocycles. The number of anilines is 2. The van der Waals surface area contributed by atoms with E-state index in [2.05, 4.69) is 10.3 Å². The second-order valence-corrected chi connectivity index (χ2v) is 4.74. The fourth-order valence-corrected chi connectivity index (χ4v) is 2.36. The highest BCUT2D eigenvalue weighted by Gasteiger charge is 2.15. The Kier molecular flexibility index (Phi) is 3.96. The molecule has 2 rings (SSSR count). The van der Waals surface area contributed by atoms with E-state index in [1.165, 1.54) is 38.2 Å². The van der Waals surface area contributed by atoms with E-state index in [-0.39, 0.29) is 11.5 Å². The van der Waals surface area contributed by atoms with Gasteiger partial charge in [-0.2, -0.15) is 0 Å². The number of nitrogens with two attached hydrogens (primary N) is 1. The van der Waals surface area contributed by atoms with Crippen LogP contribution in [0.25, 0.3) is 0 Å². The van der Waals surface area contributed by atoms with Gasteiger partial charge in [-0.15, -0.1) is 0 Å². The average molecular weight is 250 g/mol. The lowest BCUT2D eigenvalue weighted by molar-refractivity contribution is -0.384. The highest BCUT2D eigenvalue weighted by molar-refractivity contribution is 5.57. The zero-order valence-electron chi connectivity index (χ0n) is 10.3. The van der Waals surface area contributed by atoms with Gasteiger partial charge in [-0.25, -0.2) is 4.98 Å². The Bertz CT molecular complexity index is 430. The molecular formula is C12H18N4O2. The van der Waals surface area contributed by atoms with Gasteiger partial charge < -0.3 is 11.1 Å². The molecule has 0 unspecified atom stereocenters. The number of nitrogen functional groups attached to an aromatic ring is 1. The molecule has 18 heavy (non-hydrogen) atoms. The first-order valence-electron chi connectivity index (χ1n) is 6.31. The van der Waals surface area contributed by atoms with E-state index in [4.69, 9.17) is 5.73 Å². The van der Waals surface area contributed by atoms with Crippen molar-refractivity contribution in [2.45, 2.75) is 32.1 Å². The number of rotatable bonds is 4. The van der Waals surface area contributed by atoms with Crippen molar-refractivity contribution in [1.29, 1.82) is 0 Å². The summed E-state index contributed by atoms with van der Waals surface area (Å²) in [5.74, 6) is 1.26. The highest BCUT2D eigenvalue weighted by Crippen LogP contribution is 2.25. The fourth-order valence-electron chi connectivity index (χ4n) is 2.36. The van der Waals surface area contributed by atoms with Crippen molar-refractivity contribution < 1.29 is 4.92 Å². The van der Waals surface area contributed by atoms with Gasteiger partial charge in [0.1, 0.15) is 5.82 Å². The summed E-state index contributed by atoms with van der Waals surface area (Å²) in [5, 5.41) is 13.8. The van der Waals surface area contributed by atoms with Gasteiger partial charge in [0.25, 0.3) is 0 Å². The Hall–Kier alpha value is -1.85. The number of hydrogen-bond acceptors (Lipinski definition) is 5. The van der Waals surface area contributed by atoms with Crippen molar-refractivity contribution in [2.24, 2.45) is 5.92 Å². The standard InChI is InChI=1S/C12H18N4O2/c13-12-10(16(17)18)6-7-11(15-12)14-8-9-4-2-1-3-5-9/h6-7,9H,1-5,8H2,(H3,13,14,15). The number of nitrogens with zero attached hydrogens (tertiary/aromatic N) is 2. The molecule has 0 atom stereocenters. The van der Waals surface area contributed by atoms with Gasteiger partial charge in [-0.1, -0.05) is 19.3 Å². The number of nitro groups is 1. The largest absolute Gasteiger partial charge is 0.378 e. The van der Waals surface area contributed by atoms with E-state index in [1.807, 2.05) is 0 Å². The SMILES string of the molecule is Nc1nc(NCC2CCCCC2)ccc1[N+](=O)[O-]. The maximum atomic E-state index is 10.6. The minimum absolute atomic E-state index is 0.0337. The second-order valence-electron chi connectivity index (χ2n) is 4.74. The number of nitrogens with one attached hydrogen (secondary N) is 1. The minimum atomic E-state index is -0.521. The monoisotopic (exact) mass is 250 g/mol. The first-order valence-corrected chi connectivity index (χ1v) is 6.31. The molecule has 1 aromatic heterocycles. The topological polar surface area (TPSA) is 94.1 Å². The Balaban J connectivity index is 1.93. The lowest BCUT2D eigenvalue weighted by Crippen LogP contribution is -2.17. The predicted octanol–water partition coefficient (Wildman–Crippen LogP) is 2.56. The van der Waals surface area contributed by atoms with E-state index in [0.29, 0.717) is 11.7 Å². The third kappa shape index (κ3) is 3.09. The molecule has 1 aromatic rings. The van der Waals surface area contributed by atoms with Crippen LogP contribution in [0.2, 0.25) is 0 Å². The summed E-state index contributed by atoms with van der Waals surface area (Å²) in [6.45, 7) is 0.865. The van der Waals surface area contributed by atoms with Gasteiger partial charge in [0.15, 0.2) is 0 Å². The molecule has 0 radical (unpaired) electrons. The van der Waals surface area contributed by atoms with E-state index in [9.17, 15) is 10.1 Å². The van der Waals surface area contributed by atoms with Crippen LogP contribution in [0.1, 0.15) is 32.1 Å². The Morgan fingerprint density at radius 1 is 1.39 bits per heavy atom. The molecule has 1 aliphatic rings. The molecule has 0 amide bonds. The van der Waals surface area contributed by atoms with Crippen molar-refractivity contribution in [2.75, 3.05) is 17.6 Å². The summed E-state index contributed by atoms with van der Waals surface area (Å²) in [6, 6.07) is 3.00. The van der Waals surface area contributed by atoms with Crippen LogP contribution in [0.5, 0.6) is 0 Å². The van der Waals surface area contributed by atoms with Crippen LogP contribution in [0.4, 0.5) is 17.3 Å². The van der Waals surface area contributed by atoms with Gasteiger partial charge in [0, 0.05) is 12.6 Å². The molecule has 6 nitrogen and oxygen atoms in total. The summed E-state index contributed by atoms with van der Waals surface area (Å²) in [4.78, 5) is 14.1. The molecule has 3 N–H and O–H groups in total. The second kappa shape index (κ2) is 5.66. The number of aromatic nitrogens is 1. The van der Waals surface area contributed by atoms with E-state index >= 15 is 0 Å². The average Bonchev–Trinajstić information content (AvgIpc) is 2.37. The third-order valence-electron chi connectivity index (χ3n) is 3.40. The smallest absolute Gasteiger partial charge is 0.311 e. The summed E-state index contributed by atoms with van der Waals surface area (Å²) in [7, 11) is 0. The van der Waals surface area contributed by atoms with Crippen LogP contribution in [-0.4, -0.2) is 16.5 Å². The Morgan fingerprint density at radius 3 is 2.72 bits per heavy atom. The zero-order chi connectivity index (χ0) is 13.0. The van der Waals surface area contributed by atoms with Crippen LogP contribution in [0, 0.1) is 16.0 Å². The van der Waals surface area contributed by atoms with Crippen LogP contribution < -0.4 is 11.1 Å². The van der Waals surface area contributed by atoms with E-state index < -0.39 is 4.92 Å². The van der Waals surface area contributed by atoms with Crippen molar-refractivity contribution >= 4 is 17.3 Å². The fraction of sp³-hybridized carbons (Fsp3) is 0.583. The number of pyridine rings is 1. The first kappa shape index (κ1) is 12.6. The zero-order valence-corrected chi connectivity index (χ0v) is 10.3. The van der Waals surface area contributed by atoms with Gasteiger partial charge in [-0.3, -0.25) is 10.1 Å². The van der Waals surface area contributed by atoms with E-state index in [0.717, 1.165) is 6.54 Å². The Morgan fingerprint density at radius 2 is 2.11 bits per heavy atom. The van der Waals surface area contributed by atoms with Gasteiger partial charge in [0.2, 0.25) is 5.82 Å². The van der Waals surface area contributed by atoms with Crippen molar-refractivity contribution in [1.82, 2.24) is 4.98 Å². The summed E-state index contributed by atoms with van der Waals surface area (Å²) in [6.07, 6.45) is 6.41. The highest BCUT2D eigenvalue weighted by atomic mass is 16.6. The molecule has 98 valence electrons. The van der Waals surface area contributed by atoms with Gasteiger partial charge >= 0.3 is 5.69 Å². The van der Waals surface area contributed by atoms with Crippen molar-refractivity contribution in [3.63, 3.8) is 0 Å². The lowest BCUT2D eigenvalue weighted by atomic mass is 9.89. The minimum Gasteiger partial charge on any atom is -0.378 e. The van der Waals surface area contributed by atoms with Gasteiger partial charge in [0.05, 0.1) is 4.92 Å². The molecular weight excluding hydrogens is 232 g/mol. The third-order valence-corrected chi connectivity index (χ3v) is 3.40. The number of hydrogen-bond donors (Lipinski definition) is 2. The molecule has 0 aliphatic heterocycles. The van der Waals surface area contributed by atoms with E-state index in [1.54, 1.807) is 6.07 Å². The molecule has 0 spiro atoms. The van der Waals surface area contributed by atoms with Crippen LogP contribution in [-0.2, 0) is 0 Å². The summed E-state index contributed by atoms with van der Waals surface area (Å²) >= 11 is 0. The molecule has 1 fully saturated rings. The predicted molar refractivity (Wildman–Crippen MR) is 70.4 cm³/mol. The molecule has 1 saturated carbocycles. The molecule has 1 aliphatic carbocycles. The quantitative estimate of drug-likeness (QED) is 0.632. The Labute approximate surface area is 106 Å². The van der Waals surface area contributed by atoms with Crippen molar-refractivity contribution in [3.05, 3.63) is 22.2 Å². The molecule has 1 heterocycles. The van der Waals surface area contributed by atoms with Crippen LogP contribution in [0.15, 0.2) is 12.1 Å². The van der Waals surface area contributed by atoms with Gasteiger partial charge in [-0.05, 0) is 24.8 Å². The maximum absolute atomic E-state index is 10.6. The molecule has 0 bridgehead atoms. The van der Waals surface area contributed by atoms with Crippen molar-refractivity contribution in [3.8, 4) is 0 Å². The summed E-state index contributed by atoms with van der Waals surface area (Å²) < 4.78 is 0. The first-order chi connectivity index (χ1) is 8.66. The normalized spacial score (nSPS) is 16.4. The van der Waals surface area contributed by atoms with Crippen LogP contribution in [0.3, 0.4) is 0 Å².